The fraction of sp³-hybridized carbons (Fsp3) is 0.444. The lowest BCUT2D eigenvalue weighted by Gasteiger charge is -2.32. The zero-order chi connectivity index (χ0) is 25.5. The second-order valence-corrected chi connectivity index (χ2v) is 9.08. The Bertz CT molecular complexity index is 1070. The topological polar surface area (TPSA) is 114 Å². The van der Waals surface area contributed by atoms with Gasteiger partial charge in [0.2, 0.25) is 5.91 Å². The average Bonchev–Trinajstić information content (AvgIpc) is 3.39. The van der Waals surface area contributed by atoms with E-state index in [4.69, 9.17) is 14.2 Å². The number of hydrogen-bond donors (Lipinski definition) is 2. The summed E-state index contributed by atoms with van der Waals surface area (Å²) >= 11 is 0. The molecule has 0 spiro atoms. The van der Waals surface area contributed by atoms with Gasteiger partial charge in [0.05, 0.1) is 26.7 Å². The van der Waals surface area contributed by atoms with E-state index in [0.29, 0.717) is 45.8 Å². The fourth-order valence-electron chi connectivity index (χ4n) is 4.69. The number of nitrogens with zero attached hydrogens (tertiary/aromatic N) is 1. The molecule has 9 heteroatoms. The summed E-state index contributed by atoms with van der Waals surface area (Å²) in [6.07, 6.45) is 0.986. The van der Waals surface area contributed by atoms with Crippen molar-refractivity contribution in [1.29, 1.82) is 0 Å². The fourth-order valence-corrected chi connectivity index (χ4v) is 4.69. The maximum atomic E-state index is 13.3. The molecule has 2 N–H and O–H groups in total. The monoisotopic (exact) mass is 496 g/mol. The zero-order valence-electron chi connectivity index (χ0n) is 20.4. The van der Waals surface area contributed by atoms with Crippen LogP contribution in [0.1, 0.15) is 24.8 Å². The van der Waals surface area contributed by atoms with Gasteiger partial charge in [-0.2, -0.15) is 0 Å². The zero-order valence-corrected chi connectivity index (χ0v) is 20.4. The van der Waals surface area contributed by atoms with Crippen molar-refractivity contribution in [3.05, 3.63) is 54.1 Å². The number of aliphatic carboxylic acids is 1. The summed E-state index contributed by atoms with van der Waals surface area (Å²) in [4.78, 5) is 39.8. The number of carbonyl (C=O) groups excluding carboxylic acids is 2. The number of para-hydroxylation sites is 1. The molecule has 9 nitrogen and oxygen atoms in total. The third-order valence-corrected chi connectivity index (χ3v) is 6.73. The minimum absolute atomic E-state index is 0.0980. The van der Waals surface area contributed by atoms with Crippen LogP contribution < -0.4 is 10.1 Å². The van der Waals surface area contributed by atoms with Crippen LogP contribution >= 0.6 is 0 Å². The summed E-state index contributed by atoms with van der Waals surface area (Å²) in [6.45, 7) is 2.22. The van der Waals surface area contributed by atoms with Gasteiger partial charge in [-0.05, 0) is 30.0 Å². The minimum Gasteiger partial charge on any atom is -0.496 e. The number of benzene rings is 2. The highest BCUT2D eigenvalue weighted by atomic mass is 16.5. The lowest BCUT2D eigenvalue weighted by molar-refractivity contribution is -0.154. The first-order valence-electron chi connectivity index (χ1n) is 12.2. The normalized spacial score (nSPS) is 20.5. The van der Waals surface area contributed by atoms with Crippen LogP contribution in [0.3, 0.4) is 0 Å². The average molecular weight is 497 g/mol. The molecule has 0 unspecified atom stereocenters. The highest BCUT2D eigenvalue weighted by molar-refractivity contribution is 5.94. The van der Waals surface area contributed by atoms with Gasteiger partial charge in [0.15, 0.2) is 5.60 Å². The smallest absolute Gasteiger partial charge is 0.326 e. The predicted octanol–water partition coefficient (Wildman–Crippen LogP) is 2.27. The molecule has 2 atom stereocenters. The highest BCUT2D eigenvalue weighted by Crippen LogP contribution is 2.32. The second-order valence-electron chi connectivity index (χ2n) is 9.08. The SMILES string of the molecule is COc1ccccc1-c1ccc(C[C@H](NC(=O)[C@@]2(CC(=O)N3CCOCC3)CCCO2)C(=O)O)cc1. The molecule has 0 bridgehead atoms. The summed E-state index contributed by atoms with van der Waals surface area (Å²) < 4.78 is 16.5. The largest absolute Gasteiger partial charge is 0.496 e. The number of amides is 2. The third kappa shape index (κ3) is 5.85. The first kappa shape index (κ1) is 25.7. The van der Waals surface area contributed by atoms with E-state index in [1.807, 2.05) is 48.5 Å². The number of hydrogen-bond acceptors (Lipinski definition) is 6. The maximum absolute atomic E-state index is 13.3. The summed E-state index contributed by atoms with van der Waals surface area (Å²) in [5.41, 5.74) is 1.27. The Hall–Kier alpha value is -3.43. The highest BCUT2D eigenvalue weighted by Gasteiger charge is 2.46. The third-order valence-electron chi connectivity index (χ3n) is 6.73. The molecule has 2 aliphatic heterocycles. The molecular weight excluding hydrogens is 464 g/mol. The number of methoxy groups -OCH3 is 1. The van der Waals surface area contributed by atoms with Crippen LogP contribution in [0.5, 0.6) is 5.75 Å². The molecule has 2 aromatic rings. The van der Waals surface area contributed by atoms with Crippen molar-refractivity contribution in [2.24, 2.45) is 0 Å². The van der Waals surface area contributed by atoms with Crippen LogP contribution in [0.25, 0.3) is 11.1 Å². The van der Waals surface area contributed by atoms with Crippen LogP contribution in [-0.4, -0.2) is 79.5 Å². The Morgan fingerprint density at radius 2 is 1.81 bits per heavy atom. The molecule has 0 saturated carbocycles. The van der Waals surface area contributed by atoms with Crippen molar-refractivity contribution in [1.82, 2.24) is 10.2 Å². The van der Waals surface area contributed by atoms with Crippen LogP contribution in [0.15, 0.2) is 48.5 Å². The molecule has 2 aliphatic rings. The summed E-state index contributed by atoms with van der Waals surface area (Å²) in [6, 6.07) is 14.0. The van der Waals surface area contributed by atoms with Crippen molar-refractivity contribution in [3.63, 3.8) is 0 Å². The number of carboxylic acids is 1. The second kappa shape index (κ2) is 11.5. The Balaban J connectivity index is 1.44. The maximum Gasteiger partial charge on any atom is 0.326 e. The lowest BCUT2D eigenvalue weighted by atomic mass is 9.92. The van der Waals surface area contributed by atoms with Gasteiger partial charge in [0.25, 0.3) is 5.91 Å². The van der Waals surface area contributed by atoms with Gasteiger partial charge in [0.1, 0.15) is 11.8 Å². The van der Waals surface area contributed by atoms with Crippen molar-refractivity contribution in [3.8, 4) is 16.9 Å². The molecule has 36 heavy (non-hydrogen) atoms. The van der Waals surface area contributed by atoms with E-state index in [1.165, 1.54) is 0 Å². The van der Waals surface area contributed by atoms with Gasteiger partial charge in [-0.3, -0.25) is 9.59 Å². The molecule has 0 aliphatic carbocycles. The van der Waals surface area contributed by atoms with Gasteiger partial charge in [0, 0.05) is 31.7 Å². The number of carbonyl (C=O) groups is 3. The number of rotatable bonds is 9. The van der Waals surface area contributed by atoms with E-state index in [2.05, 4.69) is 5.32 Å². The van der Waals surface area contributed by atoms with Crippen LogP contribution in [0.4, 0.5) is 0 Å². The molecular formula is C27H32N2O7. The van der Waals surface area contributed by atoms with Crippen molar-refractivity contribution in [2.45, 2.75) is 37.3 Å². The van der Waals surface area contributed by atoms with E-state index in [1.54, 1.807) is 12.0 Å². The lowest BCUT2D eigenvalue weighted by Crippen LogP contribution is -2.55. The van der Waals surface area contributed by atoms with E-state index < -0.39 is 23.5 Å². The summed E-state index contributed by atoms with van der Waals surface area (Å²) in [5, 5.41) is 12.5. The van der Waals surface area contributed by atoms with Gasteiger partial charge >= 0.3 is 5.97 Å². The Kier molecular flexibility index (Phi) is 8.22. The molecule has 2 amide bonds. The van der Waals surface area contributed by atoms with Crippen molar-refractivity contribution in [2.75, 3.05) is 40.0 Å². The molecule has 2 saturated heterocycles. The Morgan fingerprint density at radius 3 is 2.44 bits per heavy atom. The minimum atomic E-state index is -1.35. The first-order chi connectivity index (χ1) is 17.4. The van der Waals surface area contributed by atoms with Gasteiger partial charge < -0.3 is 29.5 Å². The van der Waals surface area contributed by atoms with Crippen LogP contribution in [0.2, 0.25) is 0 Å². The summed E-state index contributed by atoms with van der Waals surface area (Å²) in [5.74, 6) is -1.15. The standard InChI is InChI=1S/C27H32N2O7/c1-34-23-6-3-2-5-21(23)20-9-7-19(8-10-20)17-22(25(31)32)28-26(33)27(11-4-14-36-27)18-24(30)29-12-15-35-16-13-29/h2-3,5-10,22H,4,11-18H2,1H3,(H,28,33)(H,31,32)/t22-,27-/m0/s1. The van der Waals surface area contributed by atoms with Gasteiger partial charge in [-0.15, -0.1) is 0 Å². The van der Waals surface area contributed by atoms with E-state index in [-0.39, 0.29) is 18.7 Å². The molecule has 2 aromatic carbocycles. The molecule has 192 valence electrons. The number of nitrogens with one attached hydrogen (secondary N) is 1. The molecule has 0 aromatic heterocycles. The number of morpholine rings is 1. The van der Waals surface area contributed by atoms with Gasteiger partial charge in [-0.25, -0.2) is 4.79 Å². The Morgan fingerprint density at radius 1 is 1.08 bits per heavy atom. The quantitative estimate of drug-likeness (QED) is 0.547. The number of carboxylic acid groups (broad SMARTS) is 1. The molecule has 2 heterocycles. The Labute approximate surface area is 210 Å². The van der Waals surface area contributed by atoms with Crippen molar-refractivity contribution < 1.29 is 33.7 Å². The molecule has 0 radical (unpaired) electrons. The van der Waals surface area contributed by atoms with Crippen molar-refractivity contribution >= 4 is 17.8 Å². The molecule has 4 rings (SSSR count). The first-order valence-corrected chi connectivity index (χ1v) is 12.2. The van der Waals surface area contributed by atoms with E-state index in [9.17, 15) is 19.5 Å². The summed E-state index contributed by atoms with van der Waals surface area (Å²) in [7, 11) is 1.61. The van der Waals surface area contributed by atoms with Crippen LogP contribution in [0, 0.1) is 0 Å². The van der Waals surface area contributed by atoms with E-state index in [0.717, 1.165) is 22.4 Å². The van der Waals surface area contributed by atoms with Crippen LogP contribution in [-0.2, 0) is 30.3 Å². The van der Waals surface area contributed by atoms with Gasteiger partial charge in [-0.1, -0.05) is 42.5 Å². The van der Waals surface area contributed by atoms with E-state index >= 15 is 0 Å². The predicted molar refractivity (Wildman–Crippen MR) is 132 cm³/mol. The number of ether oxygens (including phenoxy) is 3. The molecule has 2 fully saturated rings.